The molecule has 0 unspecified atom stereocenters. The van der Waals surface area contributed by atoms with Crippen molar-refractivity contribution in [2.45, 2.75) is 0 Å². The number of fused-ring (bicyclic) bond motifs is 1. The molecule has 1 heterocycles. The van der Waals surface area contributed by atoms with Crippen molar-refractivity contribution in [2.75, 3.05) is 14.2 Å². The number of carbonyl (C=O) groups is 1. The van der Waals surface area contributed by atoms with Gasteiger partial charge < -0.3 is 19.3 Å². The van der Waals surface area contributed by atoms with E-state index in [2.05, 4.69) is 0 Å². The maximum atomic E-state index is 12.3. The second-order valence-electron chi connectivity index (χ2n) is 4.73. The quantitative estimate of drug-likeness (QED) is 0.882. The minimum absolute atomic E-state index is 0.0936. The molecule has 0 aromatic heterocycles. The highest BCUT2D eigenvalue weighted by atomic mass is 16.5. The highest BCUT2D eigenvalue weighted by Gasteiger charge is 2.29. The van der Waals surface area contributed by atoms with Crippen LogP contribution in [0.25, 0.3) is 6.08 Å². The molecule has 22 heavy (non-hydrogen) atoms. The lowest BCUT2D eigenvalue weighted by Gasteiger charge is -2.04. The van der Waals surface area contributed by atoms with Gasteiger partial charge in [-0.2, -0.15) is 0 Å². The van der Waals surface area contributed by atoms with Crippen LogP contribution in [0.3, 0.4) is 0 Å². The molecule has 0 atom stereocenters. The molecule has 2 aromatic carbocycles. The van der Waals surface area contributed by atoms with Gasteiger partial charge in [0, 0.05) is 6.07 Å². The average Bonchev–Trinajstić information content (AvgIpc) is 2.83. The Morgan fingerprint density at radius 3 is 2.45 bits per heavy atom. The van der Waals surface area contributed by atoms with Crippen molar-refractivity contribution >= 4 is 11.9 Å². The first-order valence-electron chi connectivity index (χ1n) is 6.61. The zero-order valence-electron chi connectivity index (χ0n) is 12.1. The Kier molecular flexibility index (Phi) is 3.47. The molecule has 1 aliphatic heterocycles. The monoisotopic (exact) mass is 298 g/mol. The molecular weight excluding hydrogens is 284 g/mol. The standard InChI is InChI=1S/C17H14O5/c1-20-11-5-3-10(4-6-11)7-16-17(19)12-8-13(18)15(21-2)9-14(12)22-16/h3-9,18H,1-2H3/b16-7-. The van der Waals surface area contributed by atoms with Crippen LogP contribution in [0, 0.1) is 0 Å². The number of carbonyl (C=O) groups excluding carboxylic acids is 1. The maximum Gasteiger partial charge on any atom is 0.232 e. The first-order chi connectivity index (χ1) is 10.6. The molecule has 0 spiro atoms. The van der Waals surface area contributed by atoms with Crippen molar-refractivity contribution in [3.8, 4) is 23.0 Å². The van der Waals surface area contributed by atoms with Crippen molar-refractivity contribution in [1.29, 1.82) is 0 Å². The Morgan fingerprint density at radius 1 is 1.09 bits per heavy atom. The van der Waals surface area contributed by atoms with Crippen LogP contribution in [0.2, 0.25) is 0 Å². The van der Waals surface area contributed by atoms with Gasteiger partial charge in [0.05, 0.1) is 19.8 Å². The number of methoxy groups -OCH3 is 2. The summed E-state index contributed by atoms with van der Waals surface area (Å²) in [5.41, 5.74) is 1.13. The lowest BCUT2D eigenvalue weighted by molar-refractivity contribution is 0.101. The minimum Gasteiger partial charge on any atom is -0.504 e. The highest BCUT2D eigenvalue weighted by molar-refractivity contribution is 6.14. The van der Waals surface area contributed by atoms with Crippen LogP contribution in [0.1, 0.15) is 15.9 Å². The van der Waals surface area contributed by atoms with E-state index in [1.54, 1.807) is 25.3 Å². The predicted molar refractivity (Wildman–Crippen MR) is 80.6 cm³/mol. The van der Waals surface area contributed by atoms with E-state index in [1.807, 2.05) is 12.1 Å². The number of ketones is 1. The number of aromatic hydroxyl groups is 1. The molecule has 0 amide bonds. The zero-order chi connectivity index (χ0) is 15.7. The average molecular weight is 298 g/mol. The summed E-state index contributed by atoms with van der Waals surface area (Å²) in [5, 5.41) is 9.76. The number of ether oxygens (including phenoxy) is 3. The van der Waals surface area contributed by atoms with Gasteiger partial charge in [0.25, 0.3) is 0 Å². The summed E-state index contributed by atoms with van der Waals surface area (Å²) >= 11 is 0. The summed E-state index contributed by atoms with van der Waals surface area (Å²) < 4.78 is 15.7. The molecule has 0 radical (unpaired) electrons. The summed E-state index contributed by atoms with van der Waals surface area (Å²) in [6, 6.07) is 10.1. The topological polar surface area (TPSA) is 65.0 Å². The van der Waals surface area contributed by atoms with Gasteiger partial charge in [0.15, 0.2) is 17.3 Å². The van der Waals surface area contributed by atoms with Crippen molar-refractivity contribution < 1.29 is 24.1 Å². The van der Waals surface area contributed by atoms with E-state index < -0.39 is 0 Å². The Balaban J connectivity index is 1.94. The second kappa shape index (κ2) is 5.44. The number of Topliss-reactive ketones (excluding diaryl/α,β-unsaturated/α-hetero) is 1. The van der Waals surface area contributed by atoms with Crippen LogP contribution in [0.4, 0.5) is 0 Å². The Hall–Kier alpha value is -2.95. The Bertz CT molecular complexity index is 759. The third kappa shape index (κ3) is 2.37. The lowest BCUT2D eigenvalue weighted by Crippen LogP contribution is -1.98. The van der Waals surface area contributed by atoms with Gasteiger partial charge in [0.1, 0.15) is 11.5 Å². The zero-order valence-corrected chi connectivity index (χ0v) is 12.1. The molecule has 0 bridgehead atoms. The summed E-state index contributed by atoms with van der Waals surface area (Å²) in [5.74, 6) is 1.20. The van der Waals surface area contributed by atoms with E-state index in [-0.39, 0.29) is 23.0 Å². The third-order valence-electron chi connectivity index (χ3n) is 3.38. The van der Waals surface area contributed by atoms with Crippen LogP contribution < -0.4 is 14.2 Å². The number of benzene rings is 2. The molecule has 1 N–H and O–H groups in total. The van der Waals surface area contributed by atoms with Gasteiger partial charge in [-0.05, 0) is 29.8 Å². The smallest absolute Gasteiger partial charge is 0.232 e. The number of rotatable bonds is 3. The van der Waals surface area contributed by atoms with E-state index in [0.717, 1.165) is 11.3 Å². The normalized spacial score (nSPS) is 14.6. The molecule has 0 fully saturated rings. The molecule has 0 saturated carbocycles. The van der Waals surface area contributed by atoms with E-state index in [0.29, 0.717) is 11.3 Å². The third-order valence-corrected chi connectivity index (χ3v) is 3.38. The molecule has 2 aromatic rings. The number of phenols is 1. The van der Waals surface area contributed by atoms with Gasteiger partial charge in [-0.25, -0.2) is 0 Å². The molecule has 3 rings (SSSR count). The maximum absolute atomic E-state index is 12.3. The van der Waals surface area contributed by atoms with E-state index in [4.69, 9.17) is 14.2 Å². The van der Waals surface area contributed by atoms with E-state index in [1.165, 1.54) is 19.2 Å². The number of phenolic OH excluding ortho intramolecular Hbond substituents is 1. The lowest BCUT2D eigenvalue weighted by atomic mass is 10.1. The van der Waals surface area contributed by atoms with Crippen molar-refractivity contribution in [3.63, 3.8) is 0 Å². The van der Waals surface area contributed by atoms with Gasteiger partial charge >= 0.3 is 0 Å². The highest BCUT2D eigenvalue weighted by Crippen LogP contribution is 2.39. The SMILES string of the molecule is COc1ccc(/C=C2\Oc3cc(OC)c(O)cc3C2=O)cc1. The van der Waals surface area contributed by atoms with Gasteiger partial charge in [-0.3, -0.25) is 4.79 Å². The fourth-order valence-electron chi connectivity index (χ4n) is 2.22. The summed E-state index contributed by atoms with van der Waals surface area (Å²) in [7, 11) is 3.03. The van der Waals surface area contributed by atoms with Gasteiger partial charge in [-0.15, -0.1) is 0 Å². The summed E-state index contributed by atoms with van der Waals surface area (Å²) in [6.07, 6.45) is 1.64. The number of allylic oxidation sites excluding steroid dienone is 1. The van der Waals surface area contributed by atoms with Gasteiger partial charge in [-0.1, -0.05) is 12.1 Å². The minimum atomic E-state index is -0.274. The van der Waals surface area contributed by atoms with E-state index >= 15 is 0 Å². The van der Waals surface area contributed by atoms with Crippen molar-refractivity contribution in [2.24, 2.45) is 0 Å². The van der Waals surface area contributed by atoms with Crippen molar-refractivity contribution in [1.82, 2.24) is 0 Å². The molecule has 112 valence electrons. The molecule has 5 nitrogen and oxygen atoms in total. The van der Waals surface area contributed by atoms with Crippen LogP contribution in [0.5, 0.6) is 23.0 Å². The molecule has 0 aliphatic carbocycles. The molecule has 1 aliphatic rings. The fourth-order valence-corrected chi connectivity index (χ4v) is 2.22. The first kappa shape index (κ1) is 14.0. The predicted octanol–water partition coefficient (Wildman–Crippen LogP) is 3.03. The number of hydrogen-bond donors (Lipinski definition) is 1. The summed E-state index contributed by atoms with van der Waals surface area (Å²) in [6.45, 7) is 0. The molecule has 5 heteroatoms. The van der Waals surface area contributed by atoms with Crippen molar-refractivity contribution in [3.05, 3.63) is 53.3 Å². The van der Waals surface area contributed by atoms with E-state index in [9.17, 15) is 9.90 Å². The fraction of sp³-hybridized carbons (Fsp3) is 0.118. The first-order valence-corrected chi connectivity index (χ1v) is 6.61. The van der Waals surface area contributed by atoms with Gasteiger partial charge in [0.2, 0.25) is 5.78 Å². The van der Waals surface area contributed by atoms with Crippen LogP contribution in [0.15, 0.2) is 42.2 Å². The van der Waals surface area contributed by atoms with Crippen LogP contribution in [-0.2, 0) is 0 Å². The summed E-state index contributed by atoms with van der Waals surface area (Å²) in [4.78, 5) is 12.3. The Labute approximate surface area is 127 Å². The van der Waals surface area contributed by atoms with Crippen LogP contribution in [-0.4, -0.2) is 25.1 Å². The largest absolute Gasteiger partial charge is 0.504 e. The number of hydrogen-bond acceptors (Lipinski definition) is 5. The molecule has 0 saturated heterocycles. The second-order valence-corrected chi connectivity index (χ2v) is 4.73. The Morgan fingerprint density at radius 2 is 1.82 bits per heavy atom. The molecular formula is C17H14O5. The van der Waals surface area contributed by atoms with Crippen LogP contribution >= 0.6 is 0 Å².